The number of piperazine rings is 1. The van der Waals surface area contributed by atoms with Gasteiger partial charge in [0.1, 0.15) is 5.76 Å². The Balaban J connectivity index is 1.61. The molecule has 10 heteroatoms. The van der Waals surface area contributed by atoms with Gasteiger partial charge in [-0.15, -0.1) is 0 Å². The van der Waals surface area contributed by atoms with E-state index in [1.807, 2.05) is 11.0 Å². The first-order valence-electron chi connectivity index (χ1n) is 7.85. The van der Waals surface area contributed by atoms with Crippen molar-refractivity contribution < 1.29 is 22.5 Å². The Morgan fingerprint density at radius 2 is 1.92 bits per heavy atom. The molecule has 1 N–H and O–H groups in total. The van der Waals surface area contributed by atoms with Gasteiger partial charge in [-0.1, -0.05) is 16.8 Å². The molecule has 1 saturated heterocycles. The Hall–Kier alpha value is -2.42. The number of carbonyl (C=O) groups is 1. The summed E-state index contributed by atoms with van der Waals surface area (Å²) >= 11 is 5.58. The van der Waals surface area contributed by atoms with E-state index in [1.165, 1.54) is 11.0 Å². The lowest BCUT2D eigenvalue weighted by Gasteiger charge is -2.34. The number of hydrogen-bond donors (Lipinski definition) is 1. The first kappa shape index (κ1) is 18.4. The summed E-state index contributed by atoms with van der Waals surface area (Å²) in [6.07, 6.45) is -4.58. The maximum atomic E-state index is 12.9. The van der Waals surface area contributed by atoms with Crippen LogP contribution in [-0.4, -0.2) is 42.3 Å². The molecule has 1 aromatic carbocycles. The van der Waals surface area contributed by atoms with Gasteiger partial charge < -0.3 is 19.6 Å². The van der Waals surface area contributed by atoms with E-state index in [2.05, 4.69) is 10.5 Å². The highest BCUT2D eigenvalue weighted by molar-refractivity contribution is 6.31. The van der Waals surface area contributed by atoms with Gasteiger partial charge >= 0.3 is 12.2 Å². The second-order valence-corrected chi connectivity index (χ2v) is 6.30. The van der Waals surface area contributed by atoms with Gasteiger partial charge in [-0.25, -0.2) is 4.79 Å². The molecule has 140 valence electrons. The fraction of sp³-hybridized carbons (Fsp3) is 0.375. The van der Waals surface area contributed by atoms with Gasteiger partial charge in [0.2, 0.25) is 0 Å². The molecule has 0 atom stereocenters. The van der Waals surface area contributed by atoms with Gasteiger partial charge in [-0.3, -0.25) is 0 Å². The number of urea groups is 1. The molecule has 0 spiro atoms. The molecule has 0 saturated carbocycles. The third kappa shape index (κ3) is 4.04. The molecule has 2 aromatic rings. The zero-order chi connectivity index (χ0) is 18.9. The van der Waals surface area contributed by atoms with Crippen LogP contribution in [-0.2, 0) is 6.18 Å². The lowest BCUT2D eigenvalue weighted by atomic mass is 10.2. The van der Waals surface area contributed by atoms with Crippen molar-refractivity contribution in [2.24, 2.45) is 0 Å². The number of amides is 2. The molecule has 2 amide bonds. The topological polar surface area (TPSA) is 61.6 Å². The van der Waals surface area contributed by atoms with Crippen LogP contribution >= 0.6 is 11.6 Å². The lowest BCUT2D eigenvalue weighted by molar-refractivity contribution is -0.137. The number of hydrogen-bond acceptors (Lipinski definition) is 4. The summed E-state index contributed by atoms with van der Waals surface area (Å²) in [6.45, 7) is 3.72. The van der Waals surface area contributed by atoms with Crippen molar-refractivity contribution in [3.05, 3.63) is 40.6 Å². The predicted molar refractivity (Wildman–Crippen MR) is 90.5 cm³/mol. The molecule has 1 aliphatic heterocycles. The molecule has 1 aliphatic rings. The van der Waals surface area contributed by atoms with Crippen molar-refractivity contribution in [3.63, 3.8) is 0 Å². The molecule has 3 rings (SSSR count). The number of anilines is 2. The fourth-order valence-electron chi connectivity index (χ4n) is 2.66. The summed E-state index contributed by atoms with van der Waals surface area (Å²) in [5.41, 5.74) is -0.940. The van der Waals surface area contributed by atoms with Gasteiger partial charge in [0.25, 0.3) is 0 Å². The van der Waals surface area contributed by atoms with Crippen LogP contribution in [0.2, 0.25) is 5.02 Å². The SMILES string of the molecule is Cc1cc(N2CCN(C(=O)Nc3ccc(Cl)c(C(F)(F)F)c3)CC2)no1. The molecule has 6 nitrogen and oxygen atoms in total. The highest BCUT2D eigenvalue weighted by atomic mass is 35.5. The van der Waals surface area contributed by atoms with Crippen LogP contribution in [0.3, 0.4) is 0 Å². The lowest BCUT2D eigenvalue weighted by Crippen LogP contribution is -2.50. The average Bonchev–Trinajstić information content (AvgIpc) is 3.02. The van der Waals surface area contributed by atoms with Gasteiger partial charge in [0.05, 0.1) is 10.6 Å². The standard InChI is InChI=1S/C16H16ClF3N4O2/c1-10-8-14(22-26-10)23-4-6-24(7-5-23)15(25)21-11-2-3-13(17)12(9-11)16(18,19)20/h2-3,8-9H,4-7H2,1H3,(H,21,25). The number of nitrogens with one attached hydrogen (secondary N) is 1. The van der Waals surface area contributed by atoms with Crippen LogP contribution in [0.25, 0.3) is 0 Å². The monoisotopic (exact) mass is 388 g/mol. The van der Waals surface area contributed by atoms with E-state index in [0.717, 1.165) is 12.1 Å². The summed E-state index contributed by atoms with van der Waals surface area (Å²) in [6, 6.07) is 4.63. The van der Waals surface area contributed by atoms with Crippen molar-refractivity contribution in [1.82, 2.24) is 10.1 Å². The largest absolute Gasteiger partial charge is 0.417 e. The van der Waals surface area contributed by atoms with Crippen molar-refractivity contribution in [2.45, 2.75) is 13.1 Å². The van der Waals surface area contributed by atoms with Gasteiger partial charge in [-0.05, 0) is 25.1 Å². The van der Waals surface area contributed by atoms with Crippen LogP contribution < -0.4 is 10.2 Å². The summed E-state index contributed by atoms with van der Waals surface area (Å²) in [4.78, 5) is 15.8. The van der Waals surface area contributed by atoms with Crippen molar-refractivity contribution in [2.75, 3.05) is 36.4 Å². The number of halogens is 4. The van der Waals surface area contributed by atoms with Crippen molar-refractivity contribution >= 4 is 29.1 Å². The number of aryl methyl sites for hydroxylation is 1. The molecule has 1 fully saturated rings. The Kier molecular flexibility index (Phi) is 4.99. The number of aromatic nitrogens is 1. The summed E-state index contributed by atoms with van der Waals surface area (Å²) in [5.74, 6) is 1.40. The Morgan fingerprint density at radius 1 is 1.23 bits per heavy atom. The van der Waals surface area contributed by atoms with Crippen LogP contribution in [0.15, 0.2) is 28.8 Å². The smallest absolute Gasteiger partial charge is 0.360 e. The van der Waals surface area contributed by atoms with E-state index in [4.69, 9.17) is 16.1 Å². The molecule has 26 heavy (non-hydrogen) atoms. The van der Waals surface area contributed by atoms with Crippen molar-refractivity contribution in [3.8, 4) is 0 Å². The van der Waals surface area contributed by atoms with Crippen LogP contribution in [0, 0.1) is 6.92 Å². The molecule has 2 heterocycles. The Morgan fingerprint density at radius 3 is 2.50 bits per heavy atom. The number of rotatable bonds is 2. The average molecular weight is 389 g/mol. The Bertz CT molecular complexity index is 801. The highest BCUT2D eigenvalue weighted by Crippen LogP contribution is 2.36. The maximum Gasteiger partial charge on any atom is 0.417 e. The summed E-state index contributed by atoms with van der Waals surface area (Å²) < 4.78 is 43.7. The van der Waals surface area contributed by atoms with E-state index in [-0.39, 0.29) is 5.69 Å². The predicted octanol–water partition coefficient (Wildman–Crippen LogP) is 4.01. The second-order valence-electron chi connectivity index (χ2n) is 5.89. The third-order valence-corrected chi connectivity index (χ3v) is 4.36. The van der Waals surface area contributed by atoms with Gasteiger partial charge in [0, 0.05) is 37.9 Å². The molecule has 0 radical (unpaired) electrons. The quantitative estimate of drug-likeness (QED) is 0.844. The zero-order valence-electron chi connectivity index (χ0n) is 13.8. The molecule has 0 bridgehead atoms. The maximum absolute atomic E-state index is 12.9. The van der Waals surface area contributed by atoms with Gasteiger partial charge in [-0.2, -0.15) is 13.2 Å². The van der Waals surface area contributed by atoms with E-state index in [1.54, 1.807) is 6.92 Å². The Labute approximate surface area is 152 Å². The summed E-state index contributed by atoms with van der Waals surface area (Å²) in [7, 11) is 0. The van der Waals surface area contributed by atoms with Crippen LogP contribution in [0.5, 0.6) is 0 Å². The van der Waals surface area contributed by atoms with E-state index >= 15 is 0 Å². The number of benzene rings is 1. The first-order valence-corrected chi connectivity index (χ1v) is 8.23. The van der Waals surface area contributed by atoms with Gasteiger partial charge in [0.15, 0.2) is 5.82 Å². The number of carbonyl (C=O) groups excluding carboxylic acids is 1. The zero-order valence-corrected chi connectivity index (χ0v) is 14.6. The first-order chi connectivity index (χ1) is 12.2. The fourth-order valence-corrected chi connectivity index (χ4v) is 2.89. The van der Waals surface area contributed by atoms with Crippen LogP contribution in [0.1, 0.15) is 11.3 Å². The minimum atomic E-state index is -4.58. The van der Waals surface area contributed by atoms with E-state index in [9.17, 15) is 18.0 Å². The van der Waals surface area contributed by atoms with E-state index in [0.29, 0.717) is 37.8 Å². The normalized spacial score (nSPS) is 15.3. The minimum Gasteiger partial charge on any atom is -0.360 e. The molecule has 0 unspecified atom stereocenters. The van der Waals surface area contributed by atoms with Crippen molar-refractivity contribution in [1.29, 1.82) is 0 Å². The molecule has 0 aliphatic carbocycles. The highest BCUT2D eigenvalue weighted by Gasteiger charge is 2.33. The molecular weight excluding hydrogens is 373 g/mol. The third-order valence-electron chi connectivity index (χ3n) is 4.03. The summed E-state index contributed by atoms with van der Waals surface area (Å²) in [5, 5.41) is 6.01. The minimum absolute atomic E-state index is 0.0429. The number of alkyl halides is 3. The molecular formula is C16H16ClF3N4O2. The second kappa shape index (κ2) is 7.06. The number of nitrogens with zero attached hydrogens (tertiary/aromatic N) is 3. The van der Waals surface area contributed by atoms with E-state index < -0.39 is 22.8 Å². The van der Waals surface area contributed by atoms with Crippen LogP contribution in [0.4, 0.5) is 29.5 Å². The molecule has 1 aromatic heterocycles.